The lowest BCUT2D eigenvalue weighted by molar-refractivity contribution is -0.145. The van der Waals surface area contributed by atoms with E-state index in [1.54, 1.807) is 55.3 Å². The molecule has 0 aliphatic carbocycles. The molecular weight excluding hydrogens is 368 g/mol. The van der Waals surface area contributed by atoms with Crippen molar-refractivity contribution in [2.45, 2.75) is 31.5 Å². The van der Waals surface area contributed by atoms with Crippen LogP contribution in [-0.4, -0.2) is 40.5 Å². The molecule has 140 valence electrons. The van der Waals surface area contributed by atoms with Crippen molar-refractivity contribution in [2.24, 2.45) is 0 Å². The zero-order valence-corrected chi connectivity index (χ0v) is 15.8. The third-order valence-corrected chi connectivity index (χ3v) is 5.29. The molecule has 6 nitrogen and oxygen atoms in total. The van der Waals surface area contributed by atoms with Gasteiger partial charge in [-0.05, 0) is 44.2 Å². The largest absolute Gasteiger partial charge is 0.478 e. The van der Waals surface area contributed by atoms with Crippen LogP contribution in [0.2, 0.25) is 5.02 Å². The zero-order chi connectivity index (χ0) is 19.2. The van der Waals surface area contributed by atoms with E-state index in [1.807, 2.05) is 0 Å². The molecule has 1 fully saturated rings. The lowest BCUT2D eigenvalue weighted by Crippen LogP contribution is -2.49. The Labute approximate surface area is 162 Å². The van der Waals surface area contributed by atoms with E-state index < -0.39 is 11.2 Å². The smallest absolute Gasteiger partial charge is 0.341 e. The fraction of sp³-hybridized carbons (Fsp3) is 0.350. The van der Waals surface area contributed by atoms with Crippen molar-refractivity contribution in [3.63, 3.8) is 0 Å². The maximum atomic E-state index is 13.1. The molecule has 1 aromatic carbocycles. The van der Waals surface area contributed by atoms with Gasteiger partial charge in [-0.2, -0.15) is 0 Å². The van der Waals surface area contributed by atoms with Gasteiger partial charge in [0.2, 0.25) is 0 Å². The topological polar surface area (TPSA) is 68.7 Å². The third kappa shape index (κ3) is 3.04. The van der Waals surface area contributed by atoms with Crippen molar-refractivity contribution in [3.05, 3.63) is 58.9 Å². The molecule has 0 N–H and O–H groups in total. The van der Waals surface area contributed by atoms with E-state index in [-0.39, 0.29) is 11.9 Å². The molecule has 1 saturated heterocycles. The SMILES string of the molecule is CC(C)(Oc1ccc(Cl)cc1)C(=O)N1CCC2(C1)OC(=O)c1cnccc12. The number of carbonyl (C=O) groups is 2. The summed E-state index contributed by atoms with van der Waals surface area (Å²) in [5, 5.41) is 0.601. The quantitative estimate of drug-likeness (QED) is 0.758. The van der Waals surface area contributed by atoms with Crippen LogP contribution >= 0.6 is 11.6 Å². The monoisotopic (exact) mass is 386 g/mol. The van der Waals surface area contributed by atoms with E-state index in [1.165, 1.54) is 6.20 Å². The van der Waals surface area contributed by atoms with Gasteiger partial charge in [-0.15, -0.1) is 0 Å². The second kappa shape index (κ2) is 6.23. The molecule has 0 radical (unpaired) electrons. The van der Waals surface area contributed by atoms with Crippen molar-refractivity contribution in [1.29, 1.82) is 0 Å². The lowest BCUT2D eigenvalue weighted by atomic mass is 9.93. The molecule has 27 heavy (non-hydrogen) atoms. The number of aromatic nitrogens is 1. The van der Waals surface area contributed by atoms with E-state index in [0.717, 1.165) is 5.56 Å². The van der Waals surface area contributed by atoms with Crippen LogP contribution in [0.4, 0.5) is 0 Å². The molecule has 0 bridgehead atoms. The number of nitrogens with zero attached hydrogens (tertiary/aromatic N) is 2. The standard InChI is InChI=1S/C20H19ClN2O4/c1-19(2,26-14-5-3-13(21)4-6-14)18(25)23-10-8-20(12-23)16-7-9-22-11-15(16)17(24)27-20/h3-7,9,11H,8,10,12H2,1-2H3. The number of benzene rings is 1. The number of hydrogen-bond donors (Lipinski definition) is 0. The van der Waals surface area contributed by atoms with Crippen molar-refractivity contribution in [3.8, 4) is 5.75 Å². The van der Waals surface area contributed by atoms with Gasteiger partial charge in [0.25, 0.3) is 5.91 Å². The van der Waals surface area contributed by atoms with Crippen LogP contribution in [0.1, 0.15) is 36.2 Å². The first-order valence-electron chi connectivity index (χ1n) is 8.73. The first-order valence-corrected chi connectivity index (χ1v) is 9.10. The molecule has 2 aliphatic rings. The number of amides is 1. The number of likely N-dealkylation sites (tertiary alicyclic amines) is 1. The number of pyridine rings is 1. The van der Waals surface area contributed by atoms with Gasteiger partial charge >= 0.3 is 5.97 Å². The molecule has 4 rings (SSSR count). The minimum Gasteiger partial charge on any atom is -0.478 e. The number of fused-ring (bicyclic) bond motifs is 2. The van der Waals surface area contributed by atoms with Gasteiger partial charge in [-0.25, -0.2) is 4.79 Å². The normalized spacial score (nSPS) is 21.3. The van der Waals surface area contributed by atoms with Gasteiger partial charge < -0.3 is 14.4 Å². The highest BCUT2D eigenvalue weighted by molar-refractivity contribution is 6.30. The van der Waals surface area contributed by atoms with Gasteiger partial charge in [0.15, 0.2) is 11.2 Å². The molecule has 7 heteroatoms. The van der Waals surface area contributed by atoms with Crippen LogP contribution in [0.15, 0.2) is 42.7 Å². The Morgan fingerprint density at radius 2 is 2.04 bits per heavy atom. The second-order valence-electron chi connectivity index (χ2n) is 7.35. The van der Waals surface area contributed by atoms with E-state index >= 15 is 0 Å². The summed E-state index contributed by atoms with van der Waals surface area (Å²) < 4.78 is 11.6. The Hall–Kier alpha value is -2.60. The molecular formula is C20H19ClN2O4. The summed E-state index contributed by atoms with van der Waals surface area (Å²) in [6, 6.07) is 8.68. The molecule has 1 unspecified atom stereocenters. The molecule has 1 aromatic heterocycles. The fourth-order valence-electron chi connectivity index (χ4n) is 3.72. The van der Waals surface area contributed by atoms with E-state index in [4.69, 9.17) is 21.1 Å². The average molecular weight is 387 g/mol. The van der Waals surface area contributed by atoms with Gasteiger partial charge in [-0.1, -0.05) is 11.6 Å². The summed E-state index contributed by atoms with van der Waals surface area (Å²) in [4.78, 5) is 31.0. The van der Waals surface area contributed by atoms with Gasteiger partial charge in [0.05, 0.1) is 12.1 Å². The molecule has 1 atom stereocenters. The summed E-state index contributed by atoms with van der Waals surface area (Å²) in [5.74, 6) is 0.0207. The Balaban J connectivity index is 1.52. The van der Waals surface area contributed by atoms with Crippen molar-refractivity contribution >= 4 is 23.5 Å². The first kappa shape index (κ1) is 17.8. The Kier molecular flexibility index (Phi) is 4.11. The van der Waals surface area contributed by atoms with E-state index in [0.29, 0.717) is 35.8 Å². The van der Waals surface area contributed by atoms with Crippen LogP contribution in [0, 0.1) is 0 Å². The third-order valence-electron chi connectivity index (χ3n) is 5.04. The minimum absolute atomic E-state index is 0.159. The molecule has 2 aliphatic heterocycles. The van der Waals surface area contributed by atoms with Crippen molar-refractivity contribution < 1.29 is 19.1 Å². The Morgan fingerprint density at radius 3 is 2.78 bits per heavy atom. The summed E-state index contributed by atoms with van der Waals surface area (Å²) >= 11 is 5.89. The zero-order valence-electron chi connectivity index (χ0n) is 15.1. The van der Waals surface area contributed by atoms with Crippen molar-refractivity contribution in [1.82, 2.24) is 9.88 Å². The molecule has 2 aromatic rings. The highest BCUT2D eigenvalue weighted by Crippen LogP contribution is 2.43. The van der Waals surface area contributed by atoms with Crippen LogP contribution in [0.5, 0.6) is 5.75 Å². The maximum absolute atomic E-state index is 13.1. The maximum Gasteiger partial charge on any atom is 0.341 e. The van der Waals surface area contributed by atoms with Crippen LogP contribution in [0.3, 0.4) is 0 Å². The highest BCUT2D eigenvalue weighted by Gasteiger charge is 2.52. The van der Waals surface area contributed by atoms with Gasteiger partial charge in [0, 0.05) is 35.9 Å². The molecule has 1 amide bonds. The number of esters is 1. The predicted octanol–water partition coefficient (Wildman–Crippen LogP) is 3.19. The van der Waals surface area contributed by atoms with Crippen molar-refractivity contribution in [2.75, 3.05) is 13.1 Å². The van der Waals surface area contributed by atoms with Crippen LogP contribution < -0.4 is 4.74 Å². The minimum atomic E-state index is -1.07. The second-order valence-corrected chi connectivity index (χ2v) is 7.78. The summed E-state index contributed by atoms with van der Waals surface area (Å²) in [7, 11) is 0. The number of hydrogen-bond acceptors (Lipinski definition) is 5. The van der Waals surface area contributed by atoms with E-state index in [2.05, 4.69) is 4.98 Å². The van der Waals surface area contributed by atoms with Crippen LogP contribution in [0.25, 0.3) is 0 Å². The Morgan fingerprint density at radius 1 is 1.30 bits per heavy atom. The van der Waals surface area contributed by atoms with Gasteiger partial charge in [-0.3, -0.25) is 9.78 Å². The van der Waals surface area contributed by atoms with E-state index in [9.17, 15) is 9.59 Å². The number of rotatable bonds is 3. The number of ether oxygens (including phenoxy) is 2. The number of halogens is 1. The Bertz CT molecular complexity index is 912. The summed E-state index contributed by atoms with van der Waals surface area (Å²) in [6.07, 6.45) is 3.71. The number of carbonyl (C=O) groups excluding carboxylic acids is 2. The van der Waals surface area contributed by atoms with Crippen LogP contribution in [-0.2, 0) is 15.1 Å². The summed E-state index contributed by atoms with van der Waals surface area (Å²) in [5.41, 5.74) is -0.581. The predicted molar refractivity (Wildman–Crippen MR) is 98.7 cm³/mol. The lowest BCUT2D eigenvalue weighted by Gasteiger charge is -2.31. The molecule has 3 heterocycles. The summed E-state index contributed by atoms with van der Waals surface area (Å²) in [6.45, 7) is 4.25. The molecule has 1 spiro atoms. The average Bonchev–Trinajstić information content (AvgIpc) is 3.19. The highest BCUT2D eigenvalue weighted by atomic mass is 35.5. The fourth-order valence-corrected chi connectivity index (χ4v) is 3.85. The molecule has 0 saturated carbocycles. The van der Waals surface area contributed by atoms with Gasteiger partial charge in [0.1, 0.15) is 5.75 Å². The first-order chi connectivity index (χ1) is 12.8.